The van der Waals surface area contributed by atoms with Crippen LogP contribution in [0, 0.1) is 0 Å². The smallest absolute Gasteiger partial charge is 0.317 e. The lowest BCUT2D eigenvalue weighted by atomic mass is 10.1. The highest BCUT2D eigenvalue weighted by Crippen LogP contribution is 2.12. The molecule has 1 atom stereocenters. The third-order valence-corrected chi connectivity index (χ3v) is 2.60. The number of carbonyl (C=O) groups is 1. The molecule has 2 saturated heterocycles. The molecule has 0 radical (unpaired) electrons. The molecule has 0 aromatic rings. The van der Waals surface area contributed by atoms with E-state index in [1.54, 1.807) is 0 Å². The zero-order valence-electron chi connectivity index (χ0n) is 7.18. The summed E-state index contributed by atoms with van der Waals surface area (Å²) in [4.78, 5) is 13.2. The van der Waals surface area contributed by atoms with Crippen LogP contribution in [-0.4, -0.2) is 43.2 Å². The standard InChI is InChI=1S/C8H15N3O/c12-8-10-4-5-11(8)7-2-1-3-9-6-7/h7,9H,1-6H2,(H,10,12)/t7-/m1/s1. The van der Waals surface area contributed by atoms with Gasteiger partial charge in [0.1, 0.15) is 0 Å². The quantitative estimate of drug-likeness (QED) is 0.569. The summed E-state index contributed by atoms with van der Waals surface area (Å²) < 4.78 is 0. The van der Waals surface area contributed by atoms with Crippen LogP contribution in [0.25, 0.3) is 0 Å². The predicted octanol–water partition coefficient (Wildman–Crippen LogP) is -0.236. The molecule has 2 fully saturated rings. The van der Waals surface area contributed by atoms with E-state index in [4.69, 9.17) is 0 Å². The van der Waals surface area contributed by atoms with E-state index in [0.29, 0.717) is 6.04 Å². The van der Waals surface area contributed by atoms with E-state index in [0.717, 1.165) is 32.6 Å². The molecular formula is C8H15N3O. The van der Waals surface area contributed by atoms with Gasteiger partial charge < -0.3 is 15.5 Å². The van der Waals surface area contributed by atoms with Gasteiger partial charge in [0.2, 0.25) is 0 Å². The summed E-state index contributed by atoms with van der Waals surface area (Å²) >= 11 is 0. The van der Waals surface area contributed by atoms with Crippen molar-refractivity contribution in [1.82, 2.24) is 15.5 Å². The van der Waals surface area contributed by atoms with Gasteiger partial charge in [-0.1, -0.05) is 0 Å². The molecule has 12 heavy (non-hydrogen) atoms. The number of piperidine rings is 1. The molecule has 2 aliphatic heterocycles. The highest BCUT2D eigenvalue weighted by molar-refractivity contribution is 5.76. The minimum atomic E-state index is 0.115. The Morgan fingerprint density at radius 1 is 1.42 bits per heavy atom. The van der Waals surface area contributed by atoms with Gasteiger partial charge in [0.05, 0.1) is 0 Å². The topological polar surface area (TPSA) is 44.4 Å². The lowest BCUT2D eigenvalue weighted by molar-refractivity contribution is 0.185. The van der Waals surface area contributed by atoms with Gasteiger partial charge in [-0.15, -0.1) is 0 Å². The molecule has 4 heteroatoms. The molecule has 2 heterocycles. The molecule has 2 amide bonds. The molecule has 4 nitrogen and oxygen atoms in total. The summed E-state index contributed by atoms with van der Waals surface area (Å²) in [6, 6.07) is 0.546. The second-order valence-electron chi connectivity index (χ2n) is 3.43. The first kappa shape index (κ1) is 7.86. The van der Waals surface area contributed by atoms with Gasteiger partial charge in [0, 0.05) is 25.7 Å². The highest BCUT2D eigenvalue weighted by atomic mass is 16.2. The number of nitrogens with zero attached hydrogens (tertiary/aromatic N) is 1. The fraction of sp³-hybridized carbons (Fsp3) is 0.875. The van der Waals surface area contributed by atoms with Crippen molar-refractivity contribution < 1.29 is 4.79 Å². The molecule has 0 bridgehead atoms. The molecule has 0 spiro atoms. The highest BCUT2D eigenvalue weighted by Gasteiger charge is 2.28. The lowest BCUT2D eigenvalue weighted by Crippen LogP contribution is -2.47. The van der Waals surface area contributed by atoms with Crippen LogP contribution < -0.4 is 10.6 Å². The number of nitrogens with one attached hydrogen (secondary N) is 2. The molecular weight excluding hydrogens is 154 g/mol. The van der Waals surface area contributed by atoms with Crippen molar-refractivity contribution in [3.8, 4) is 0 Å². The molecule has 0 aromatic carbocycles. The Kier molecular flexibility index (Phi) is 2.17. The third-order valence-electron chi connectivity index (χ3n) is 2.60. The molecule has 0 saturated carbocycles. The van der Waals surface area contributed by atoms with E-state index in [1.165, 1.54) is 6.42 Å². The summed E-state index contributed by atoms with van der Waals surface area (Å²) in [7, 11) is 0. The van der Waals surface area contributed by atoms with Crippen LogP contribution in [0.5, 0.6) is 0 Å². The minimum absolute atomic E-state index is 0.115. The third kappa shape index (κ3) is 1.39. The summed E-state index contributed by atoms with van der Waals surface area (Å²) in [5.74, 6) is 0. The minimum Gasteiger partial charge on any atom is -0.336 e. The normalized spacial score (nSPS) is 30.5. The second kappa shape index (κ2) is 3.31. The first-order valence-corrected chi connectivity index (χ1v) is 4.63. The first-order chi connectivity index (χ1) is 5.88. The fourth-order valence-corrected chi connectivity index (χ4v) is 1.93. The van der Waals surface area contributed by atoms with Crippen molar-refractivity contribution in [3.63, 3.8) is 0 Å². The van der Waals surface area contributed by atoms with Crippen LogP contribution in [0.1, 0.15) is 12.8 Å². The Balaban J connectivity index is 1.93. The van der Waals surface area contributed by atoms with E-state index >= 15 is 0 Å². The van der Waals surface area contributed by atoms with Crippen molar-refractivity contribution in [2.45, 2.75) is 18.9 Å². The molecule has 0 unspecified atom stereocenters. The Labute approximate surface area is 72.3 Å². The molecule has 2 rings (SSSR count). The van der Waals surface area contributed by atoms with Crippen LogP contribution in [0.3, 0.4) is 0 Å². The van der Waals surface area contributed by atoms with Crippen molar-refractivity contribution in [2.24, 2.45) is 0 Å². The van der Waals surface area contributed by atoms with Crippen molar-refractivity contribution in [2.75, 3.05) is 26.2 Å². The number of hydrogen-bond donors (Lipinski definition) is 2. The average molecular weight is 169 g/mol. The average Bonchev–Trinajstić information content (AvgIpc) is 2.53. The molecule has 68 valence electrons. The maximum atomic E-state index is 11.3. The number of carbonyl (C=O) groups excluding carboxylic acids is 1. The fourth-order valence-electron chi connectivity index (χ4n) is 1.93. The second-order valence-corrected chi connectivity index (χ2v) is 3.43. The maximum absolute atomic E-state index is 11.3. The van der Waals surface area contributed by atoms with Crippen molar-refractivity contribution in [1.29, 1.82) is 0 Å². The summed E-state index contributed by atoms with van der Waals surface area (Å²) in [5.41, 5.74) is 0. The number of hydrogen-bond acceptors (Lipinski definition) is 2. The van der Waals surface area contributed by atoms with Crippen LogP contribution in [-0.2, 0) is 0 Å². The van der Waals surface area contributed by atoms with E-state index in [-0.39, 0.29) is 6.03 Å². The van der Waals surface area contributed by atoms with Gasteiger partial charge in [-0.2, -0.15) is 0 Å². The Hall–Kier alpha value is -0.770. The van der Waals surface area contributed by atoms with Crippen LogP contribution >= 0.6 is 0 Å². The van der Waals surface area contributed by atoms with Crippen LogP contribution in [0.15, 0.2) is 0 Å². The van der Waals surface area contributed by atoms with Crippen LogP contribution in [0.2, 0.25) is 0 Å². The zero-order valence-corrected chi connectivity index (χ0v) is 7.18. The van der Waals surface area contributed by atoms with Crippen molar-refractivity contribution in [3.05, 3.63) is 0 Å². The van der Waals surface area contributed by atoms with Gasteiger partial charge in [-0.25, -0.2) is 4.79 Å². The first-order valence-electron chi connectivity index (χ1n) is 4.63. The van der Waals surface area contributed by atoms with Crippen LogP contribution in [0.4, 0.5) is 4.79 Å². The van der Waals surface area contributed by atoms with E-state index in [9.17, 15) is 4.79 Å². The van der Waals surface area contributed by atoms with E-state index in [1.807, 2.05) is 4.90 Å². The Morgan fingerprint density at radius 2 is 2.33 bits per heavy atom. The summed E-state index contributed by atoms with van der Waals surface area (Å²) in [5, 5.41) is 6.14. The number of urea groups is 1. The van der Waals surface area contributed by atoms with Gasteiger partial charge in [-0.05, 0) is 19.4 Å². The monoisotopic (exact) mass is 169 g/mol. The maximum Gasteiger partial charge on any atom is 0.317 e. The molecule has 0 aromatic heterocycles. The summed E-state index contributed by atoms with van der Waals surface area (Å²) in [6.07, 6.45) is 2.34. The van der Waals surface area contributed by atoms with Gasteiger partial charge >= 0.3 is 6.03 Å². The predicted molar refractivity (Wildman–Crippen MR) is 46.0 cm³/mol. The SMILES string of the molecule is O=C1NCCN1[C@@H]1CCCNC1. The van der Waals surface area contributed by atoms with Gasteiger partial charge in [0.15, 0.2) is 0 Å². The number of rotatable bonds is 1. The van der Waals surface area contributed by atoms with E-state index in [2.05, 4.69) is 10.6 Å². The Bertz CT molecular complexity index is 177. The van der Waals surface area contributed by atoms with Gasteiger partial charge in [-0.3, -0.25) is 0 Å². The largest absolute Gasteiger partial charge is 0.336 e. The van der Waals surface area contributed by atoms with Crippen molar-refractivity contribution >= 4 is 6.03 Å². The lowest BCUT2D eigenvalue weighted by Gasteiger charge is -2.30. The summed E-state index contributed by atoms with van der Waals surface area (Å²) in [6.45, 7) is 3.76. The van der Waals surface area contributed by atoms with Gasteiger partial charge in [0.25, 0.3) is 0 Å². The Morgan fingerprint density at radius 3 is 2.92 bits per heavy atom. The molecule has 0 aliphatic carbocycles. The molecule has 2 aliphatic rings. The van der Waals surface area contributed by atoms with E-state index < -0.39 is 0 Å². The molecule has 2 N–H and O–H groups in total. The zero-order chi connectivity index (χ0) is 8.39. The number of amides is 2.